The van der Waals surface area contributed by atoms with Gasteiger partial charge in [0.05, 0.1) is 25.0 Å². The minimum Gasteiger partial charge on any atom is -0.494 e. The summed E-state index contributed by atoms with van der Waals surface area (Å²) in [6.07, 6.45) is 60.1. The minimum atomic E-state index is -0.398. The van der Waals surface area contributed by atoms with Crippen LogP contribution in [0.1, 0.15) is 245 Å². The van der Waals surface area contributed by atoms with Gasteiger partial charge in [0.15, 0.2) is 5.79 Å². The van der Waals surface area contributed by atoms with Crippen molar-refractivity contribution in [1.29, 1.82) is 0 Å². The lowest BCUT2D eigenvalue weighted by Crippen LogP contribution is -2.32. The van der Waals surface area contributed by atoms with Crippen LogP contribution in [0, 0.1) is 0 Å². The van der Waals surface area contributed by atoms with E-state index in [4.69, 9.17) is 14.2 Å². The van der Waals surface area contributed by atoms with Gasteiger partial charge in [-0.2, -0.15) is 5.10 Å². The maximum absolute atomic E-state index is 12.5. The molecule has 1 aromatic heterocycles. The number of amides is 2. The Morgan fingerprint density at radius 3 is 1.85 bits per heavy atom. The van der Waals surface area contributed by atoms with E-state index >= 15 is 0 Å². The van der Waals surface area contributed by atoms with Gasteiger partial charge in [-0.05, 0) is 176 Å². The van der Waals surface area contributed by atoms with Gasteiger partial charge in [0.25, 0.3) is 0 Å². The summed E-state index contributed by atoms with van der Waals surface area (Å²) < 4.78 is 19.5. The number of allylic oxidation sites excluding steroid dienone is 8. The van der Waals surface area contributed by atoms with Crippen molar-refractivity contribution >= 4 is 39.1 Å². The first-order valence-electron chi connectivity index (χ1n) is 32.0. The van der Waals surface area contributed by atoms with E-state index in [1.807, 2.05) is 49.4 Å². The predicted octanol–water partition coefficient (Wildman–Crippen LogP) is 18.4. The van der Waals surface area contributed by atoms with E-state index in [1.54, 1.807) is 27.8 Å². The molecule has 2 heterocycles. The molecule has 450 valence electrons. The number of hydrazone groups is 1. The monoisotopic (exact) mass is 1140 g/mol. The third-order valence-electron chi connectivity index (χ3n) is 14.7. The number of unbranched alkanes of at least 4 members (excludes halogenated alkanes) is 21. The summed E-state index contributed by atoms with van der Waals surface area (Å²) in [6.45, 7) is 10.4. The molecule has 1 aromatic carbocycles. The molecule has 1 aliphatic heterocycles. The number of carbonyl (C=O) groups excluding carboxylic acids is 2. The first-order valence-corrected chi connectivity index (χ1v) is 34.3. The Hall–Kier alpha value is -3.68. The second kappa shape index (κ2) is 49.9. The van der Waals surface area contributed by atoms with Crippen LogP contribution in [-0.2, 0) is 19.1 Å². The van der Waals surface area contributed by atoms with Crippen molar-refractivity contribution < 1.29 is 23.8 Å². The molecule has 10 nitrogen and oxygen atoms in total. The second-order valence-corrected chi connectivity index (χ2v) is 24.5. The maximum atomic E-state index is 12.5. The van der Waals surface area contributed by atoms with Crippen molar-refractivity contribution in [2.45, 2.75) is 256 Å². The predicted molar refractivity (Wildman–Crippen MR) is 344 cm³/mol. The summed E-state index contributed by atoms with van der Waals surface area (Å²) in [5.41, 5.74) is 4.27. The fourth-order valence-electron chi connectivity index (χ4n) is 9.68. The Bertz CT molecular complexity index is 1910. The molecule has 1 fully saturated rings. The molecule has 0 spiro atoms. The van der Waals surface area contributed by atoms with E-state index in [2.05, 4.69) is 95.2 Å². The van der Waals surface area contributed by atoms with Crippen LogP contribution >= 0.6 is 21.6 Å². The lowest BCUT2D eigenvalue weighted by molar-refractivity contribution is -0.180. The summed E-state index contributed by atoms with van der Waals surface area (Å²) in [4.78, 5) is 31.5. The zero-order chi connectivity index (χ0) is 57.1. The van der Waals surface area contributed by atoms with E-state index in [9.17, 15) is 9.59 Å². The van der Waals surface area contributed by atoms with Gasteiger partial charge in [-0.25, -0.2) is 10.4 Å². The summed E-state index contributed by atoms with van der Waals surface area (Å²) >= 11 is 0. The fraction of sp³-hybridized carbons (Fsp3) is 0.676. The maximum Gasteiger partial charge on any atom is 0.240 e. The SMILES string of the molecule is CCCCCC=CCC=CCCCCCCCCC1(CCCCCCCCC=CCC=CCCCCC)OCC(CCN(C)CCCCCCNC(=O)CCCOc2ccc(C(C)=NNC(=O)CCSSc3ccccn3)cc2)O1. The topological polar surface area (TPSA) is 114 Å². The van der Waals surface area contributed by atoms with Crippen molar-refractivity contribution in [1.82, 2.24) is 20.6 Å². The number of rotatable bonds is 52. The summed E-state index contributed by atoms with van der Waals surface area (Å²) in [7, 11) is 5.40. The van der Waals surface area contributed by atoms with Gasteiger partial charge < -0.3 is 24.4 Å². The number of hydrogen-bond acceptors (Lipinski definition) is 10. The number of nitrogens with zero attached hydrogens (tertiary/aromatic N) is 3. The third-order valence-corrected chi connectivity index (χ3v) is 17.0. The average molecular weight is 1140 g/mol. The van der Waals surface area contributed by atoms with E-state index < -0.39 is 5.79 Å². The molecule has 0 bridgehead atoms. The molecular weight excluding hydrogens is 1030 g/mol. The Morgan fingerprint density at radius 2 is 1.25 bits per heavy atom. The van der Waals surface area contributed by atoms with Crippen LogP contribution in [0.15, 0.2) is 107 Å². The molecule has 2 amide bonds. The normalized spacial score (nSPS) is 15.9. The number of benzene rings is 1. The molecule has 1 saturated heterocycles. The molecule has 1 aliphatic rings. The molecule has 12 heteroatoms. The number of ether oxygens (including phenoxy) is 3. The molecule has 3 rings (SSSR count). The van der Waals surface area contributed by atoms with Crippen molar-refractivity contribution in [3.05, 3.63) is 103 Å². The van der Waals surface area contributed by atoms with Crippen LogP contribution in [0.3, 0.4) is 0 Å². The number of hydrogen-bond donors (Lipinski definition) is 2. The largest absolute Gasteiger partial charge is 0.494 e. The highest BCUT2D eigenvalue weighted by atomic mass is 33.1. The molecular formula is C68H111N5O5S2. The Balaban J connectivity index is 1.23. The molecule has 2 N–H and O–H groups in total. The van der Waals surface area contributed by atoms with Crippen LogP contribution in [0.25, 0.3) is 0 Å². The smallest absolute Gasteiger partial charge is 0.240 e. The molecule has 1 atom stereocenters. The first-order chi connectivity index (χ1) is 39.3. The standard InChI is InChI=1S/C68H111N5O5S2/c1-5-7-9-11-13-15-17-19-21-23-25-27-29-31-33-38-52-68(53-39-34-32-30-28-26-24-22-20-18-16-14-12-10-8-6-2)77-60-64(78-68)50-57-73(4)56-42-36-35-40-54-69-65(74)44-43-58-76-63-48-46-62(47-49-63)61(3)71-72-66(75)51-59-79-80-67-45-37-41-55-70-67/h13-16,19-22,37,41,45-49,55,64H,5-12,17-18,23-36,38-40,42-44,50-54,56-60H2,1-4H3,(H,69,74)(H,72,75). The number of nitrogens with one attached hydrogen (secondary N) is 2. The van der Waals surface area contributed by atoms with Crippen LogP contribution in [-0.4, -0.2) is 84.9 Å². The lowest BCUT2D eigenvalue weighted by Gasteiger charge is -2.29. The Kier molecular flexibility index (Phi) is 44.0. The number of aromatic nitrogens is 1. The first kappa shape index (κ1) is 70.6. The highest BCUT2D eigenvalue weighted by molar-refractivity contribution is 8.76. The van der Waals surface area contributed by atoms with Gasteiger partial charge in [-0.3, -0.25) is 9.59 Å². The molecule has 0 aliphatic carbocycles. The molecule has 0 saturated carbocycles. The van der Waals surface area contributed by atoms with E-state index in [0.29, 0.717) is 43.9 Å². The van der Waals surface area contributed by atoms with Gasteiger partial charge in [0.2, 0.25) is 11.8 Å². The zero-order valence-corrected chi connectivity index (χ0v) is 52.4. The van der Waals surface area contributed by atoms with Gasteiger partial charge in [-0.15, -0.1) is 0 Å². The van der Waals surface area contributed by atoms with Crippen molar-refractivity contribution in [3.8, 4) is 5.75 Å². The van der Waals surface area contributed by atoms with Crippen LogP contribution in [0.2, 0.25) is 0 Å². The fourth-order valence-corrected chi connectivity index (χ4v) is 11.5. The zero-order valence-electron chi connectivity index (χ0n) is 50.8. The summed E-state index contributed by atoms with van der Waals surface area (Å²) in [5.74, 6) is 0.961. The summed E-state index contributed by atoms with van der Waals surface area (Å²) in [5, 5.41) is 8.29. The van der Waals surface area contributed by atoms with Gasteiger partial charge >= 0.3 is 0 Å². The minimum absolute atomic E-state index is 0.0771. The average Bonchev–Trinajstić information content (AvgIpc) is 3.91. The summed E-state index contributed by atoms with van der Waals surface area (Å²) in [6, 6.07) is 13.4. The molecule has 80 heavy (non-hydrogen) atoms. The number of pyridine rings is 1. The highest BCUT2D eigenvalue weighted by Gasteiger charge is 2.40. The Morgan fingerprint density at radius 1 is 0.675 bits per heavy atom. The van der Waals surface area contributed by atoms with E-state index in [1.165, 1.54) is 141 Å². The third kappa shape index (κ3) is 38.9. The van der Waals surface area contributed by atoms with Crippen molar-refractivity contribution in [2.24, 2.45) is 5.10 Å². The molecule has 0 radical (unpaired) electrons. The van der Waals surface area contributed by atoms with Crippen LogP contribution in [0.4, 0.5) is 0 Å². The van der Waals surface area contributed by atoms with E-state index in [-0.39, 0.29) is 17.9 Å². The van der Waals surface area contributed by atoms with Gasteiger partial charge in [0, 0.05) is 50.7 Å². The lowest BCUT2D eigenvalue weighted by atomic mass is 9.98. The second-order valence-electron chi connectivity index (χ2n) is 22.0. The van der Waals surface area contributed by atoms with Crippen LogP contribution < -0.4 is 15.5 Å². The van der Waals surface area contributed by atoms with Gasteiger partial charge in [-0.1, -0.05) is 169 Å². The molecule has 2 aromatic rings. The van der Waals surface area contributed by atoms with Crippen molar-refractivity contribution in [3.63, 3.8) is 0 Å². The molecule has 1 unspecified atom stereocenters. The number of carbonyl (C=O) groups is 2. The Labute approximate surface area is 496 Å². The van der Waals surface area contributed by atoms with Gasteiger partial charge in [0.1, 0.15) is 10.8 Å². The van der Waals surface area contributed by atoms with Crippen LogP contribution in [0.5, 0.6) is 5.75 Å². The van der Waals surface area contributed by atoms with E-state index in [0.717, 1.165) is 93.8 Å². The quantitative estimate of drug-likeness (QED) is 0.0220. The van der Waals surface area contributed by atoms with Crippen molar-refractivity contribution in [2.75, 3.05) is 45.6 Å². The highest BCUT2D eigenvalue weighted by Crippen LogP contribution is 2.36.